The zero-order chi connectivity index (χ0) is 12.1. The van der Waals surface area contributed by atoms with Crippen LogP contribution >= 0.6 is 11.3 Å². The number of thiazole rings is 1. The van der Waals surface area contributed by atoms with Gasteiger partial charge in [-0.15, -0.1) is 11.3 Å². The second-order valence-corrected chi connectivity index (χ2v) is 3.87. The monoisotopic (exact) mass is 245 g/mol. The molecule has 2 aromatic rings. The van der Waals surface area contributed by atoms with Gasteiger partial charge in [0.1, 0.15) is 17.4 Å². The maximum absolute atomic E-state index is 11.7. The van der Waals surface area contributed by atoms with Gasteiger partial charge in [-0.25, -0.2) is 4.98 Å². The average molecular weight is 245 g/mol. The number of hydrogen-bond acceptors (Lipinski definition) is 5. The molecular weight excluding hydrogens is 238 g/mol. The molecule has 1 N–H and O–H groups in total. The molecule has 0 aliphatic rings. The highest BCUT2D eigenvalue weighted by Gasteiger charge is 2.11. The van der Waals surface area contributed by atoms with Crippen LogP contribution in [0, 0.1) is 11.3 Å². The quantitative estimate of drug-likeness (QED) is 0.664. The highest BCUT2D eigenvalue weighted by Crippen LogP contribution is 2.13. The molecule has 0 spiro atoms. The predicted octanol–water partition coefficient (Wildman–Crippen LogP) is 2.28. The van der Waals surface area contributed by atoms with Crippen molar-refractivity contribution in [2.24, 2.45) is 0 Å². The van der Waals surface area contributed by atoms with E-state index < -0.39 is 5.91 Å². The summed E-state index contributed by atoms with van der Waals surface area (Å²) in [6.45, 7) is 0. The molecule has 0 atom stereocenters. The van der Waals surface area contributed by atoms with Gasteiger partial charge >= 0.3 is 0 Å². The van der Waals surface area contributed by atoms with Gasteiger partial charge in [0.2, 0.25) is 0 Å². The van der Waals surface area contributed by atoms with Crippen molar-refractivity contribution in [3.63, 3.8) is 0 Å². The highest BCUT2D eigenvalue weighted by atomic mass is 32.1. The third kappa shape index (κ3) is 2.80. The minimum Gasteiger partial charge on any atom is -0.465 e. The molecule has 17 heavy (non-hydrogen) atoms. The van der Waals surface area contributed by atoms with Crippen molar-refractivity contribution >= 4 is 28.5 Å². The van der Waals surface area contributed by atoms with E-state index in [0.717, 1.165) is 0 Å². The van der Waals surface area contributed by atoms with Crippen LogP contribution < -0.4 is 5.32 Å². The van der Waals surface area contributed by atoms with Gasteiger partial charge in [-0.1, -0.05) is 0 Å². The van der Waals surface area contributed by atoms with Crippen LogP contribution in [0.1, 0.15) is 5.76 Å². The number of nitriles is 1. The first-order valence-electron chi connectivity index (χ1n) is 4.66. The lowest BCUT2D eigenvalue weighted by molar-refractivity contribution is -0.112. The first kappa shape index (κ1) is 11.1. The Balaban J connectivity index is 2.14. The Kier molecular flexibility index (Phi) is 3.33. The van der Waals surface area contributed by atoms with Crippen LogP contribution in [0.25, 0.3) is 6.08 Å². The molecule has 2 aromatic heterocycles. The van der Waals surface area contributed by atoms with Gasteiger partial charge in [-0.3, -0.25) is 10.1 Å². The molecule has 0 aromatic carbocycles. The zero-order valence-corrected chi connectivity index (χ0v) is 9.40. The number of aromatic nitrogens is 1. The summed E-state index contributed by atoms with van der Waals surface area (Å²) < 4.78 is 5.03. The van der Waals surface area contributed by atoms with Gasteiger partial charge in [-0.2, -0.15) is 5.26 Å². The van der Waals surface area contributed by atoms with Crippen LogP contribution in [-0.4, -0.2) is 10.9 Å². The second-order valence-electron chi connectivity index (χ2n) is 2.98. The fraction of sp³-hybridized carbons (Fsp3) is 0. The van der Waals surface area contributed by atoms with E-state index >= 15 is 0 Å². The summed E-state index contributed by atoms with van der Waals surface area (Å²) in [5, 5.41) is 13.6. The number of rotatable bonds is 3. The number of anilines is 1. The Morgan fingerprint density at radius 3 is 3.12 bits per heavy atom. The molecule has 2 rings (SSSR count). The molecule has 6 heteroatoms. The summed E-state index contributed by atoms with van der Waals surface area (Å²) in [5.41, 5.74) is -0.0323. The highest BCUT2D eigenvalue weighted by molar-refractivity contribution is 7.13. The number of carbonyl (C=O) groups is 1. The molecule has 0 radical (unpaired) electrons. The number of nitrogens with zero attached hydrogens (tertiary/aromatic N) is 2. The summed E-state index contributed by atoms with van der Waals surface area (Å²) in [6.07, 6.45) is 4.42. The number of furan rings is 1. The average Bonchev–Trinajstić information content (AvgIpc) is 2.97. The van der Waals surface area contributed by atoms with Crippen molar-refractivity contribution in [3.8, 4) is 6.07 Å². The van der Waals surface area contributed by atoms with Crippen molar-refractivity contribution < 1.29 is 9.21 Å². The van der Waals surface area contributed by atoms with Gasteiger partial charge in [0, 0.05) is 17.7 Å². The largest absolute Gasteiger partial charge is 0.465 e. The molecular formula is C11H7N3O2S. The van der Waals surface area contributed by atoms with Gasteiger partial charge < -0.3 is 4.42 Å². The van der Waals surface area contributed by atoms with Crippen LogP contribution in [0.15, 0.2) is 40.0 Å². The summed E-state index contributed by atoms with van der Waals surface area (Å²) >= 11 is 1.28. The summed E-state index contributed by atoms with van der Waals surface area (Å²) in [4.78, 5) is 15.6. The van der Waals surface area contributed by atoms with E-state index in [9.17, 15) is 4.79 Å². The van der Waals surface area contributed by atoms with E-state index in [4.69, 9.17) is 9.68 Å². The minimum atomic E-state index is -0.501. The molecule has 0 fully saturated rings. The van der Waals surface area contributed by atoms with E-state index in [1.54, 1.807) is 23.7 Å². The SMILES string of the molecule is N#C/C(=C\c1ccco1)C(=O)Nc1nccs1. The standard InChI is InChI=1S/C11H7N3O2S/c12-7-8(6-9-2-1-4-16-9)10(15)14-11-13-3-5-17-11/h1-6H,(H,13,14,15)/b8-6+. The maximum Gasteiger partial charge on any atom is 0.268 e. The van der Waals surface area contributed by atoms with Crippen LogP contribution in [0.2, 0.25) is 0 Å². The summed E-state index contributed by atoms with van der Waals surface area (Å²) in [7, 11) is 0. The van der Waals surface area contributed by atoms with Crippen LogP contribution in [-0.2, 0) is 4.79 Å². The van der Waals surface area contributed by atoms with Gasteiger partial charge in [-0.05, 0) is 12.1 Å². The third-order valence-electron chi connectivity index (χ3n) is 1.85. The zero-order valence-electron chi connectivity index (χ0n) is 8.58. The molecule has 5 nitrogen and oxygen atoms in total. The fourth-order valence-electron chi connectivity index (χ4n) is 1.11. The Hall–Kier alpha value is -2.39. The van der Waals surface area contributed by atoms with Crippen LogP contribution in [0.3, 0.4) is 0 Å². The normalized spacial score (nSPS) is 10.9. The maximum atomic E-state index is 11.7. The second kappa shape index (κ2) is 5.09. The number of nitrogens with one attached hydrogen (secondary N) is 1. The smallest absolute Gasteiger partial charge is 0.268 e. The molecule has 0 saturated heterocycles. The van der Waals surface area contributed by atoms with E-state index in [-0.39, 0.29) is 5.57 Å². The Morgan fingerprint density at radius 2 is 2.53 bits per heavy atom. The van der Waals surface area contributed by atoms with Crippen LogP contribution in [0.4, 0.5) is 5.13 Å². The van der Waals surface area contributed by atoms with Crippen molar-refractivity contribution in [2.45, 2.75) is 0 Å². The Bertz CT molecular complexity index is 564. The van der Waals surface area contributed by atoms with Crippen molar-refractivity contribution in [1.29, 1.82) is 5.26 Å². The lowest BCUT2D eigenvalue weighted by Gasteiger charge is -1.98. The number of hydrogen-bond donors (Lipinski definition) is 1. The first-order chi connectivity index (χ1) is 8.29. The lowest BCUT2D eigenvalue weighted by Crippen LogP contribution is -2.13. The molecule has 0 saturated carbocycles. The molecule has 0 aliphatic carbocycles. The van der Waals surface area contributed by atoms with E-state index in [0.29, 0.717) is 10.9 Å². The Labute approximate surface area is 101 Å². The predicted molar refractivity (Wildman–Crippen MR) is 63.0 cm³/mol. The molecule has 1 amide bonds. The van der Waals surface area contributed by atoms with Gasteiger partial charge in [0.15, 0.2) is 5.13 Å². The molecule has 0 aliphatic heterocycles. The number of amides is 1. The van der Waals surface area contributed by atoms with Crippen molar-refractivity contribution in [3.05, 3.63) is 41.3 Å². The van der Waals surface area contributed by atoms with Crippen molar-refractivity contribution in [1.82, 2.24) is 4.98 Å². The summed E-state index contributed by atoms with van der Waals surface area (Å²) in [5.74, 6) is -0.0466. The van der Waals surface area contributed by atoms with Gasteiger partial charge in [0.05, 0.1) is 6.26 Å². The van der Waals surface area contributed by atoms with E-state index in [2.05, 4.69) is 10.3 Å². The number of carbonyl (C=O) groups excluding carboxylic acids is 1. The topological polar surface area (TPSA) is 78.9 Å². The first-order valence-corrected chi connectivity index (χ1v) is 5.53. The molecule has 0 bridgehead atoms. The Morgan fingerprint density at radius 1 is 1.65 bits per heavy atom. The minimum absolute atomic E-state index is 0.0323. The van der Waals surface area contributed by atoms with Crippen LogP contribution in [0.5, 0.6) is 0 Å². The molecule has 84 valence electrons. The van der Waals surface area contributed by atoms with Crippen molar-refractivity contribution in [2.75, 3.05) is 5.32 Å². The van der Waals surface area contributed by atoms with E-state index in [1.807, 2.05) is 6.07 Å². The fourth-order valence-corrected chi connectivity index (χ4v) is 1.64. The van der Waals surface area contributed by atoms with Gasteiger partial charge in [0.25, 0.3) is 5.91 Å². The molecule has 0 unspecified atom stereocenters. The third-order valence-corrected chi connectivity index (χ3v) is 2.54. The van der Waals surface area contributed by atoms with E-state index in [1.165, 1.54) is 23.7 Å². The summed E-state index contributed by atoms with van der Waals surface area (Å²) in [6, 6.07) is 5.16. The lowest BCUT2D eigenvalue weighted by atomic mass is 10.2. The molecule has 2 heterocycles.